The van der Waals surface area contributed by atoms with E-state index in [1.807, 2.05) is 24.4 Å². The summed E-state index contributed by atoms with van der Waals surface area (Å²) in [7, 11) is 1.70. The lowest BCUT2D eigenvalue weighted by Gasteiger charge is -2.23. The van der Waals surface area contributed by atoms with Gasteiger partial charge in [-0.1, -0.05) is 6.07 Å². The summed E-state index contributed by atoms with van der Waals surface area (Å²) in [6.07, 6.45) is 1.53. The molecule has 0 fully saturated rings. The van der Waals surface area contributed by atoms with Crippen LogP contribution in [0.25, 0.3) is 11.5 Å². The van der Waals surface area contributed by atoms with Crippen molar-refractivity contribution in [2.45, 2.75) is 13.0 Å². The van der Waals surface area contributed by atoms with Gasteiger partial charge in [-0.25, -0.2) is 0 Å². The predicted molar refractivity (Wildman–Crippen MR) is 89.6 cm³/mol. The number of hydrogen-bond acceptors (Lipinski definition) is 4. The zero-order valence-electron chi connectivity index (χ0n) is 12.8. The Bertz CT molecular complexity index is 850. The number of furan rings is 1. The van der Waals surface area contributed by atoms with Crippen LogP contribution in [0.3, 0.4) is 0 Å². The molecule has 0 aliphatic carbocycles. The molecule has 0 spiro atoms. The van der Waals surface area contributed by atoms with Crippen molar-refractivity contribution < 1.29 is 9.21 Å². The molecule has 1 atom stereocenters. The summed E-state index contributed by atoms with van der Waals surface area (Å²) in [5.41, 5.74) is 0.242. The largest absolute Gasteiger partial charge is 0.463 e. The lowest BCUT2D eigenvalue weighted by molar-refractivity contribution is 0.0743. The summed E-state index contributed by atoms with van der Waals surface area (Å²) in [4.78, 5) is 30.2. The molecule has 1 amide bonds. The number of hydrogen-bond donors (Lipinski definition) is 1. The van der Waals surface area contributed by atoms with Gasteiger partial charge in [-0.3, -0.25) is 9.59 Å². The van der Waals surface area contributed by atoms with Crippen LogP contribution < -0.4 is 5.56 Å². The highest BCUT2D eigenvalue weighted by Crippen LogP contribution is 2.24. The molecule has 0 saturated heterocycles. The summed E-state index contributed by atoms with van der Waals surface area (Å²) < 4.78 is 5.25. The molecular formula is C17H16N2O3S. The minimum atomic E-state index is -0.422. The van der Waals surface area contributed by atoms with Gasteiger partial charge >= 0.3 is 0 Å². The topological polar surface area (TPSA) is 66.3 Å². The summed E-state index contributed by atoms with van der Waals surface area (Å²) >= 11 is 1.58. The van der Waals surface area contributed by atoms with Gasteiger partial charge in [-0.2, -0.15) is 0 Å². The van der Waals surface area contributed by atoms with Crippen LogP contribution in [0.5, 0.6) is 0 Å². The van der Waals surface area contributed by atoms with E-state index in [1.165, 1.54) is 12.3 Å². The lowest BCUT2D eigenvalue weighted by Crippen LogP contribution is -2.33. The van der Waals surface area contributed by atoms with Crippen LogP contribution in [-0.2, 0) is 0 Å². The number of amides is 1. The van der Waals surface area contributed by atoms with E-state index in [9.17, 15) is 9.59 Å². The van der Waals surface area contributed by atoms with Crippen LogP contribution >= 0.6 is 11.3 Å². The average Bonchev–Trinajstić information content (AvgIpc) is 3.25. The molecule has 3 rings (SSSR count). The molecule has 0 aliphatic rings. The van der Waals surface area contributed by atoms with E-state index in [0.29, 0.717) is 11.5 Å². The number of nitrogens with one attached hydrogen (secondary N) is 1. The van der Waals surface area contributed by atoms with Gasteiger partial charge < -0.3 is 14.3 Å². The Kier molecular flexibility index (Phi) is 4.16. The molecule has 0 radical (unpaired) electrons. The van der Waals surface area contributed by atoms with Gasteiger partial charge in [0.05, 0.1) is 18.0 Å². The van der Waals surface area contributed by atoms with Crippen molar-refractivity contribution in [1.29, 1.82) is 0 Å². The number of aromatic amines is 1. The summed E-state index contributed by atoms with van der Waals surface area (Å²) in [6, 6.07) is 10.5. The molecule has 3 heterocycles. The number of aromatic nitrogens is 1. The van der Waals surface area contributed by atoms with Crippen molar-refractivity contribution >= 4 is 17.2 Å². The third-order valence-corrected chi connectivity index (χ3v) is 4.83. The highest BCUT2D eigenvalue weighted by Gasteiger charge is 2.22. The van der Waals surface area contributed by atoms with E-state index in [2.05, 4.69) is 4.98 Å². The number of H-pyrrole nitrogens is 1. The molecule has 3 aromatic heterocycles. The molecule has 0 aliphatic heterocycles. The fraction of sp³-hybridized carbons (Fsp3) is 0.176. The van der Waals surface area contributed by atoms with Gasteiger partial charge in [0.2, 0.25) is 0 Å². The highest BCUT2D eigenvalue weighted by molar-refractivity contribution is 7.10. The first-order valence-corrected chi connectivity index (χ1v) is 8.03. The smallest absolute Gasteiger partial charge is 0.261 e. The van der Waals surface area contributed by atoms with Crippen LogP contribution in [0.15, 0.2) is 57.3 Å². The van der Waals surface area contributed by atoms with Gasteiger partial charge in [0.15, 0.2) is 0 Å². The molecule has 23 heavy (non-hydrogen) atoms. The van der Waals surface area contributed by atoms with E-state index in [0.717, 1.165) is 4.88 Å². The number of pyridine rings is 1. The SMILES string of the molecule is C[C@@H](c1cccs1)N(C)C(=O)c1ccc(-c2ccco2)[nH]c1=O. The van der Waals surface area contributed by atoms with Crippen molar-refractivity contribution in [2.24, 2.45) is 0 Å². The van der Waals surface area contributed by atoms with Crippen molar-refractivity contribution in [3.8, 4) is 11.5 Å². The summed E-state index contributed by atoms with van der Waals surface area (Å²) in [5, 5.41) is 1.97. The molecule has 0 aromatic carbocycles. The maximum absolute atomic E-state index is 12.6. The minimum Gasteiger partial charge on any atom is -0.463 e. The van der Waals surface area contributed by atoms with E-state index in [-0.39, 0.29) is 17.5 Å². The molecule has 0 bridgehead atoms. The molecule has 3 aromatic rings. The maximum atomic E-state index is 12.6. The standard InChI is InChI=1S/C17H16N2O3S/c1-11(15-6-4-10-23-15)19(2)17(21)12-7-8-13(18-16(12)20)14-5-3-9-22-14/h3-11H,1-2H3,(H,18,20)/t11-/m0/s1. The van der Waals surface area contributed by atoms with Crippen LogP contribution in [0.1, 0.15) is 28.2 Å². The molecule has 1 N–H and O–H groups in total. The molecule has 6 heteroatoms. The van der Waals surface area contributed by atoms with Crippen LogP contribution in [-0.4, -0.2) is 22.8 Å². The molecule has 0 saturated carbocycles. The molecule has 118 valence electrons. The van der Waals surface area contributed by atoms with Crippen LogP contribution in [0.4, 0.5) is 0 Å². The third-order valence-electron chi connectivity index (χ3n) is 3.78. The second kappa shape index (κ2) is 6.26. The normalized spacial score (nSPS) is 12.1. The quantitative estimate of drug-likeness (QED) is 0.797. The monoisotopic (exact) mass is 328 g/mol. The first-order chi connectivity index (χ1) is 11.1. The Morgan fingerprint density at radius 3 is 2.70 bits per heavy atom. The fourth-order valence-corrected chi connectivity index (χ4v) is 3.13. The number of rotatable bonds is 4. The summed E-state index contributed by atoms with van der Waals surface area (Å²) in [5.74, 6) is 0.250. The number of nitrogens with zero attached hydrogens (tertiary/aromatic N) is 1. The van der Waals surface area contributed by atoms with Crippen LogP contribution in [0, 0.1) is 0 Å². The van der Waals surface area contributed by atoms with Gasteiger partial charge in [0, 0.05) is 11.9 Å². The maximum Gasteiger partial charge on any atom is 0.261 e. The lowest BCUT2D eigenvalue weighted by atomic mass is 10.1. The molecule has 0 unspecified atom stereocenters. The predicted octanol–water partition coefficient (Wildman–Crippen LogP) is 3.53. The second-order valence-corrected chi connectivity index (χ2v) is 6.18. The number of carbonyl (C=O) groups is 1. The van der Waals surface area contributed by atoms with Gasteiger partial charge in [-0.05, 0) is 42.6 Å². The Hall–Kier alpha value is -2.60. The Morgan fingerprint density at radius 1 is 1.26 bits per heavy atom. The minimum absolute atomic E-state index is 0.0911. The first-order valence-electron chi connectivity index (χ1n) is 7.15. The van der Waals surface area contributed by atoms with E-state index in [4.69, 9.17) is 4.42 Å². The van der Waals surface area contributed by atoms with Crippen molar-refractivity contribution in [3.05, 3.63) is 68.8 Å². The Morgan fingerprint density at radius 2 is 2.09 bits per heavy atom. The van der Waals surface area contributed by atoms with E-state index in [1.54, 1.807) is 41.5 Å². The van der Waals surface area contributed by atoms with Gasteiger partial charge in [0.1, 0.15) is 11.3 Å². The van der Waals surface area contributed by atoms with Gasteiger partial charge in [-0.15, -0.1) is 11.3 Å². The van der Waals surface area contributed by atoms with Crippen molar-refractivity contribution in [2.75, 3.05) is 7.05 Å². The van der Waals surface area contributed by atoms with E-state index < -0.39 is 5.56 Å². The van der Waals surface area contributed by atoms with E-state index >= 15 is 0 Å². The zero-order chi connectivity index (χ0) is 16.4. The number of carbonyl (C=O) groups excluding carboxylic acids is 1. The number of thiophene rings is 1. The Balaban J connectivity index is 1.86. The summed E-state index contributed by atoms with van der Waals surface area (Å²) in [6.45, 7) is 1.94. The fourth-order valence-electron chi connectivity index (χ4n) is 2.30. The molecular weight excluding hydrogens is 312 g/mol. The Labute approximate surface area is 137 Å². The first kappa shape index (κ1) is 15.3. The van der Waals surface area contributed by atoms with Crippen molar-refractivity contribution in [3.63, 3.8) is 0 Å². The highest BCUT2D eigenvalue weighted by atomic mass is 32.1. The van der Waals surface area contributed by atoms with Crippen LogP contribution in [0.2, 0.25) is 0 Å². The molecule has 5 nitrogen and oxygen atoms in total. The second-order valence-electron chi connectivity index (χ2n) is 5.20. The van der Waals surface area contributed by atoms with Crippen molar-refractivity contribution in [1.82, 2.24) is 9.88 Å². The zero-order valence-corrected chi connectivity index (χ0v) is 13.6. The average molecular weight is 328 g/mol. The third kappa shape index (κ3) is 2.98. The van der Waals surface area contributed by atoms with Gasteiger partial charge in [0.25, 0.3) is 11.5 Å².